The Hall–Kier alpha value is -6.65. The van der Waals surface area contributed by atoms with Gasteiger partial charge in [0.25, 0.3) is 0 Å². The number of rotatable bonds is 6. The van der Waals surface area contributed by atoms with Gasteiger partial charge < -0.3 is 4.42 Å². The minimum atomic E-state index is 0.589. The largest absolute Gasteiger partial charge is 0.455 e. The van der Waals surface area contributed by atoms with Gasteiger partial charge in [-0.1, -0.05) is 152 Å². The molecule has 0 radical (unpaired) electrons. The van der Waals surface area contributed by atoms with Gasteiger partial charge in [-0.3, -0.25) is 0 Å². The van der Waals surface area contributed by atoms with Gasteiger partial charge in [-0.15, -0.1) is 0 Å². The summed E-state index contributed by atoms with van der Waals surface area (Å²) < 4.78 is 6.70. The maximum absolute atomic E-state index is 6.70. The minimum absolute atomic E-state index is 0.589. The zero-order valence-corrected chi connectivity index (χ0v) is 26.5. The highest BCUT2D eigenvalue weighted by Crippen LogP contribution is 2.40. The van der Waals surface area contributed by atoms with Crippen molar-refractivity contribution in [3.8, 4) is 67.5 Å². The van der Waals surface area contributed by atoms with Crippen LogP contribution in [0, 0.1) is 0 Å². The van der Waals surface area contributed by atoms with E-state index >= 15 is 0 Å². The lowest BCUT2D eigenvalue weighted by Crippen LogP contribution is -2.00. The van der Waals surface area contributed by atoms with Gasteiger partial charge in [0.2, 0.25) is 0 Å². The molecule has 0 atom stereocenters. The molecule has 2 heterocycles. The second-order valence-corrected chi connectivity index (χ2v) is 12.1. The summed E-state index contributed by atoms with van der Waals surface area (Å²) in [4.78, 5) is 14.9. The molecule has 0 aliphatic heterocycles. The van der Waals surface area contributed by atoms with E-state index in [1.54, 1.807) is 0 Å². The number of aromatic nitrogens is 3. The van der Waals surface area contributed by atoms with Crippen molar-refractivity contribution >= 4 is 21.9 Å². The van der Waals surface area contributed by atoms with E-state index in [1.807, 2.05) is 48.5 Å². The van der Waals surface area contributed by atoms with Gasteiger partial charge in [-0.2, -0.15) is 0 Å². The minimum Gasteiger partial charge on any atom is -0.455 e. The van der Waals surface area contributed by atoms with E-state index in [0.717, 1.165) is 66.4 Å². The Morgan fingerprint density at radius 2 is 0.735 bits per heavy atom. The highest BCUT2D eigenvalue weighted by atomic mass is 16.3. The summed E-state index contributed by atoms with van der Waals surface area (Å²) in [6.45, 7) is 0. The fourth-order valence-electron chi connectivity index (χ4n) is 6.44. The monoisotopic (exact) mass is 627 g/mol. The van der Waals surface area contributed by atoms with Crippen molar-refractivity contribution in [2.75, 3.05) is 0 Å². The number of nitrogens with zero attached hydrogens (tertiary/aromatic N) is 3. The van der Waals surface area contributed by atoms with E-state index < -0.39 is 0 Å². The number of benzene rings is 7. The lowest BCUT2D eigenvalue weighted by atomic mass is 9.95. The lowest BCUT2D eigenvalue weighted by molar-refractivity contribution is 0.670. The van der Waals surface area contributed by atoms with Gasteiger partial charge in [0.15, 0.2) is 17.5 Å². The molecule has 0 saturated carbocycles. The molecule has 0 spiro atoms. The summed E-state index contributed by atoms with van der Waals surface area (Å²) in [7, 11) is 0. The predicted octanol–water partition coefficient (Wildman–Crippen LogP) is 11.8. The molecule has 7 aromatic carbocycles. The van der Waals surface area contributed by atoms with E-state index in [9.17, 15) is 0 Å². The van der Waals surface area contributed by atoms with Crippen molar-refractivity contribution < 1.29 is 4.42 Å². The zero-order valence-electron chi connectivity index (χ0n) is 26.5. The van der Waals surface area contributed by atoms with Gasteiger partial charge in [-0.05, 0) is 52.1 Å². The highest BCUT2D eigenvalue weighted by Gasteiger charge is 2.18. The summed E-state index contributed by atoms with van der Waals surface area (Å²) in [5, 5.41) is 2.12. The smallest absolute Gasteiger partial charge is 0.164 e. The molecule has 0 unspecified atom stereocenters. The number of hydrogen-bond donors (Lipinski definition) is 0. The van der Waals surface area contributed by atoms with Crippen molar-refractivity contribution in [2.24, 2.45) is 0 Å². The van der Waals surface area contributed by atoms with Crippen LogP contribution in [0.2, 0.25) is 0 Å². The van der Waals surface area contributed by atoms with E-state index in [1.165, 1.54) is 5.56 Å². The van der Waals surface area contributed by atoms with Gasteiger partial charge in [-0.25, -0.2) is 15.0 Å². The Labute approximate surface area is 284 Å². The Morgan fingerprint density at radius 3 is 1.33 bits per heavy atom. The van der Waals surface area contributed by atoms with Crippen LogP contribution in [0.25, 0.3) is 89.5 Å². The fraction of sp³-hybridized carbons (Fsp3) is 0. The van der Waals surface area contributed by atoms with Crippen LogP contribution in [-0.4, -0.2) is 15.0 Å². The normalized spacial score (nSPS) is 11.3. The Morgan fingerprint density at radius 1 is 0.306 bits per heavy atom. The van der Waals surface area contributed by atoms with E-state index in [-0.39, 0.29) is 0 Å². The summed E-state index contributed by atoms with van der Waals surface area (Å²) in [5.41, 5.74) is 11.1. The van der Waals surface area contributed by atoms with E-state index in [2.05, 4.69) is 127 Å². The first-order valence-electron chi connectivity index (χ1n) is 16.4. The summed E-state index contributed by atoms with van der Waals surface area (Å²) in [5.74, 6) is 1.83. The fourth-order valence-corrected chi connectivity index (χ4v) is 6.44. The Kier molecular flexibility index (Phi) is 7.10. The quantitative estimate of drug-likeness (QED) is 0.184. The molecule has 0 bridgehead atoms. The molecule has 230 valence electrons. The van der Waals surface area contributed by atoms with Crippen LogP contribution in [0.15, 0.2) is 180 Å². The third-order valence-electron chi connectivity index (χ3n) is 8.94. The molecule has 9 rings (SSSR count). The molecule has 0 aliphatic carbocycles. The zero-order chi connectivity index (χ0) is 32.6. The average molecular weight is 628 g/mol. The third-order valence-corrected chi connectivity index (χ3v) is 8.94. The Bertz CT molecular complexity index is 2560. The number of furan rings is 1. The van der Waals surface area contributed by atoms with Gasteiger partial charge in [0.1, 0.15) is 11.2 Å². The van der Waals surface area contributed by atoms with Crippen LogP contribution >= 0.6 is 0 Å². The molecular weight excluding hydrogens is 599 g/mol. The molecule has 49 heavy (non-hydrogen) atoms. The first-order valence-corrected chi connectivity index (χ1v) is 16.4. The van der Waals surface area contributed by atoms with Crippen LogP contribution in [0.5, 0.6) is 0 Å². The second kappa shape index (κ2) is 12.2. The summed E-state index contributed by atoms with van der Waals surface area (Å²) in [6, 6.07) is 60.4. The highest BCUT2D eigenvalue weighted by molar-refractivity contribution is 6.12. The van der Waals surface area contributed by atoms with Crippen LogP contribution in [0.3, 0.4) is 0 Å². The molecule has 0 saturated heterocycles. The average Bonchev–Trinajstić information content (AvgIpc) is 3.57. The standard InChI is InChI=1S/C45H29N3O/c1-5-13-30(14-6-1)32-21-23-35(24-22-32)44-46-43(34-19-11-4-12-20-34)47-45(48-44)36-25-26-38-40-28-37(31-15-7-2-8-16-31)27-39(33-17-9-3-10-18-33)42(40)49-41(38)29-36/h1-29H. The summed E-state index contributed by atoms with van der Waals surface area (Å²) >= 11 is 0. The molecule has 4 heteroatoms. The molecular formula is C45H29N3O. The molecule has 0 amide bonds. The molecule has 0 aliphatic rings. The molecule has 9 aromatic rings. The van der Waals surface area contributed by atoms with Crippen molar-refractivity contribution in [1.29, 1.82) is 0 Å². The maximum Gasteiger partial charge on any atom is 0.164 e. The molecule has 4 nitrogen and oxygen atoms in total. The van der Waals surface area contributed by atoms with E-state index in [0.29, 0.717) is 17.5 Å². The van der Waals surface area contributed by atoms with Crippen molar-refractivity contribution in [3.05, 3.63) is 176 Å². The Balaban J connectivity index is 1.19. The maximum atomic E-state index is 6.70. The third kappa shape index (κ3) is 5.45. The predicted molar refractivity (Wildman–Crippen MR) is 200 cm³/mol. The number of fused-ring (bicyclic) bond motifs is 3. The molecule has 2 aromatic heterocycles. The first-order chi connectivity index (χ1) is 24.3. The van der Waals surface area contributed by atoms with Gasteiger partial charge in [0, 0.05) is 33.0 Å². The van der Waals surface area contributed by atoms with Crippen molar-refractivity contribution in [2.45, 2.75) is 0 Å². The first kappa shape index (κ1) is 28.6. The second-order valence-electron chi connectivity index (χ2n) is 12.1. The number of hydrogen-bond acceptors (Lipinski definition) is 4. The van der Waals surface area contributed by atoms with Crippen LogP contribution in [0.4, 0.5) is 0 Å². The SMILES string of the molecule is c1ccc(-c2ccc(-c3nc(-c4ccccc4)nc(-c4ccc5c(c4)oc4c(-c6ccccc6)cc(-c6ccccc6)cc45)n3)cc2)cc1. The van der Waals surface area contributed by atoms with Crippen LogP contribution in [-0.2, 0) is 0 Å². The van der Waals surface area contributed by atoms with E-state index in [4.69, 9.17) is 19.4 Å². The topological polar surface area (TPSA) is 51.8 Å². The van der Waals surface area contributed by atoms with Crippen molar-refractivity contribution in [1.82, 2.24) is 15.0 Å². The van der Waals surface area contributed by atoms with Crippen LogP contribution in [0.1, 0.15) is 0 Å². The molecule has 0 N–H and O–H groups in total. The van der Waals surface area contributed by atoms with Crippen LogP contribution < -0.4 is 0 Å². The summed E-state index contributed by atoms with van der Waals surface area (Å²) in [6.07, 6.45) is 0. The lowest BCUT2D eigenvalue weighted by Gasteiger charge is -2.09. The molecule has 0 fully saturated rings. The van der Waals surface area contributed by atoms with Gasteiger partial charge in [0.05, 0.1) is 0 Å². The van der Waals surface area contributed by atoms with Crippen molar-refractivity contribution in [3.63, 3.8) is 0 Å². The van der Waals surface area contributed by atoms with Gasteiger partial charge >= 0.3 is 0 Å².